The third kappa shape index (κ3) is 2.18. The molecule has 1 N–H and O–H groups in total. The standard InChI is InChI=1S/C13H18N2O4/c1-8-5-6-9-10(11(8)16)14(7-19-9)15(12(17)18)13(2,3)4/h5-6,8H,7H2,1-4H3,(H,17,18)/t8-/m0/s1. The molecule has 19 heavy (non-hydrogen) atoms. The van der Waals surface area contributed by atoms with E-state index in [0.29, 0.717) is 11.5 Å². The summed E-state index contributed by atoms with van der Waals surface area (Å²) in [6, 6.07) is 0. The van der Waals surface area contributed by atoms with Gasteiger partial charge in [0.15, 0.2) is 18.3 Å². The first-order chi connectivity index (χ1) is 8.73. The van der Waals surface area contributed by atoms with Crippen molar-refractivity contribution < 1.29 is 19.4 Å². The van der Waals surface area contributed by atoms with E-state index in [1.165, 1.54) is 5.01 Å². The molecule has 0 saturated carbocycles. The van der Waals surface area contributed by atoms with E-state index in [2.05, 4.69) is 0 Å². The van der Waals surface area contributed by atoms with Crippen LogP contribution in [0.5, 0.6) is 0 Å². The molecule has 104 valence electrons. The minimum atomic E-state index is -1.11. The number of carbonyl (C=O) groups excluding carboxylic acids is 1. The quantitative estimate of drug-likeness (QED) is 0.785. The number of carbonyl (C=O) groups is 2. The van der Waals surface area contributed by atoms with Crippen LogP contribution in [0.1, 0.15) is 27.7 Å². The van der Waals surface area contributed by atoms with Crippen LogP contribution in [-0.4, -0.2) is 39.3 Å². The van der Waals surface area contributed by atoms with Crippen LogP contribution in [0.25, 0.3) is 0 Å². The zero-order chi connectivity index (χ0) is 14.4. The van der Waals surface area contributed by atoms with Crippen molar-refractivity contribution in [3.05, 3.63) is 23.6 Å². The van der Waals surface area contributed by atoms with E-state index in [1.54, 1.807) is 39.8 Å². The average Bonchev–Trinajstić information content (AvgIpc) is 2.65. The largest absolute Gasteiger partial charge is 0.469 e. The smallest absolute Gasteiger partial charge is 0.426 e. The molecule has 0 bridgehead atoms. The van der Waals surface area contributed by atoms with E-state index in [0.717, 1.165) is 5.01 Å². The van der Waals surface area contributed by atoms with Gasteiger partial charge >= 0.3 is 6.09 Å². The Labute approximate surface area is 111 Å². The number of carboxylic acid groups (broad SMARTS) is 1. The molecule has 1 aliphatic heterocycles. The van der Waals surface area contributed by atoms with E-state index >= 15 is 0 Å². The normalized spacial score (nSPS) is 22.4. The molecule has 0 radical (unpaired) electrons. The highest BCUT2D eigenvalue weighted by Gasteiger charge is 2.42. The first-order valence-corrected chi connectivity index (χ1v) is 6.13. The van der Waals surface area contributed by atoms with Gasteiger partial charge in [-0.05, 0) is 26.8 Å². The second-order valence-electron chi connectivity index (χ2n) is 5.66. The van der Waals surface area contributed by atoms with Crippen LogP contribution < -0.4 is 0 Å². The van der Waals surface area contributed by atoms with Crippen molar-refractivity contribution >= 4 is 11.9 Å². The molecule has 0 aromatic rings. The fourth-order valence-electron chi connectivity index (χ4n) is 2.21. The number of Topliss-reactive ketones (excluding diaryl/α,β-unsaturated/α-hetero) is 1. The van der Waals surface area contributed by atoms with Crippen LogP contribution in [0.2, 0.25) is 0 Å². The molecule has 0 aromatic carbocycles. The molecule has 1 amide bonds. The van der Waals surface area contributed by atoms with Gasteiger partial charge in [-0.2, -0.15) is 0 Å². The Morgan fingerprint density at radius 2 is 2.16 bits per heavy atom. The van der Waals surface area contributed by atoms with Crippen LogP contribution in [0.4, 0.5) is 4.79 Å². The molecule has 0 fully saturated rings. The number of allylic oxidation sites excluding steroid dienone is 3. The predicted molar refractivity (Wildman–Crippen MR) is 67.7 cm³/mol. The second-order valence-corrected chi connectivity index (χ2v) is 5.66. The van der Waals surface area contributed by atoms with Gasteiger partial charge in [0.2, 0.25) is 0 Å². The lowest BCUT2D eigenvalue weighted by atomic mass is 9.97. The second kappa shape index (κ2) is 4.29. The van der Waals surface area contributed by atoms with Gasteiger partial charge in [-0.25, -0.2) is 14.8 Å². The summed E-state index contributed by atoms with van der Waals surface area (Å²) in [6.07, 6.45) is 2.37. The molecule has 0 unspecified atom stereocenters. The minimum absolute atomic E-state index is 0.0387. The molecule has 0 aromatic heterocycles. The maximum absolute atomic E-state index is 12.2. The lowest BCUT2D eigenvalue weighted by Crippen LogP contribution is -2.55. The third-order valence-corrected chi connectivity index (χ3v) is 3.08. The van der Waals surface area contributed by atoms with E-state index in [-0.39, 0.29) is 18.4 Å². The fourth-order valence-corrected chi connectivity index (χ4v) is 2.21. The van der Waals surface area contributed by atoms with E-state index in [1.807, 2.05) is 0 Å². The lowest BCUT2D eigenvalue weighted by Gasteiger charge is -2.40. The zero-order valence-electron chi connectivity index (χ0n) is 11.5. The van der Waals surface area contributed by atoms with E-state index in [4.69, 9.17) is 4.74 Å². The summed E-state index contributed by atoms with van der Waals surface area (Å²) in [5.74, 6) is 0.0580. The molecule has 1 heterocycles. The van der Waals surface area contributed by atoms with Gasteiger partial charge in [0.1, 0.15) is 5.70 Å². The number of amides is 1. The first-order valence-electron chi connectivity index (χ1n) is 6.13. The predicted octanol–water partition coefficient (Wildman–Crippen LogP) is 1.96. The zero-order valence-corrected chi connectivity index (χ0v) is 11.5. The SMILES string of the molecule is C[C@H]1C=CC2=C(C1=O)N(N(C(=O)O)C(C)(C)C)CO2. The van der Waals surface area contributed by atoms with Crippen molar-refractivity contribution in [1.82, 2.24) is 10.0 Å². The van der Waals surface area contributed by atoms with E-state index < -0.39 is 11.6 Å². The van der Waals surface area contributed by atoms with Gasteiger partial charge in [0.25, 0.3) is 0 Å². The van der Waals surface area contributed by atoms with Gasteiger partial charge in [-0.3, -0.25) is 4.79 Å². The highest BCUT2D eigenvalue weighted by Crippen LogP contribution is 2.33. The highest BCUT2D eigenvalue weighted by atomic mass is 16.5. The number of ketones is 1. The minimum Gasteiger partial charge on any atom is -0.469 e. The summed E-state index contributed by atoms with van der Waals surface area (Å²) in [5.41, 5.74) is -0.338. The Balaban J connectivity index is 2.41. The van der Waals surface area contributed by atoms with Crippen LogP contribution in [0, 0.1) is 5.92 Å². The van der Waals surface area contributed by atoms with Gasteiger partial charge in [0.05, 0.1) is 5.54 Å². The maximum Gasteiger partial charge on any atom is 0.426 e. The van der Waals surface area contributed by atoms with Gasteiger partial charge in [-0.1, -0.05) is 13.0 Å². The van der Waals surface area contributed by atoms with Crippen molar-refractivity contribution in [3.8, 4) is 0 Å². The summed E-state index contributed by atoms with van der Waals surface area (Å²) in [4.78, 5) is 23.7. The van der Waals surface area contributed by atoms with Crippen LogP contribution >= 0.6 is 0 Å². The molecule has 0 spiro atoms. The summed E-state index contributed by atoms with van der Waals surface area (Å²) in [5, 5.41) is 11.9. The van der Waals surface area contributed by atoms with Crippen LogP contribution in [0.15, 0.2) is 23.6 Å². The number of hydrogen-bond acceptors (Lipinski definition) is 4. The molecular weight excluding hydrogens is 248 g/mol. The Hall–Kier alpha value is -1.98. The van der Waals surface area contributed by atoms with Crippen molar-refractivity contribution in [2.45, 2.75) is 33.2 Å². The molecule has 1 aliphatic carbocycles. The average molecular weight is 266 g/mol. The number of ether oxygens (including phenoxy) is 1. The Kier molecular flexibility index (Phi) is 3.04. The summed E-state index contributed by atoms with van der Waals surface area (Å²) in [7, 11) is 0. The van der Waals surface area contributed by atoms with Gasteiger partial charge in [0, 0.05) is 5.92 Å². The van der Waals surface area contributed by atoms with Crippen LogP contribution in [0.3, 0.4) is 0 Å². The molecule has 2 rings (SSSR count). The lowest BCUT2D eigenvalue weighted by molar-refractivity contribution is -0.124. The topological polar surface area (TPSA) is 70.1 Å². The molecule has 2 aliphatic rings. The molecule has 0 saturated heterocycles. The molecule has 6 heteroatoms. The highest BCUT2D eigenvalue weighted by molar-refractivity contribution is 6.00. The maximum atomic E-state index is 12.2. The van der Waals surface area contributed by atoms with Crippen LogP contribution in [-0.2, 0) is 9.53 Å². The Bertz CT molecular complexity index is 487. The van der Waals surface area contributed by atoms with Gasteiger partial charge < -0.3 is 9.84 Å². The summed E-state index contributed by atoms with van der Waals surface area (Å²) < 4.78 is 5.41. The van der Waals surface area contributed by atoms with Crippen molar-refractivity contribution in [3.63, 3.8) is 0 Å². The van der Waals surface area contributed by atoms with Crippen molar-refractivity contribution in [1.29, 1.82) is 0 Å². The number of rotatable bonds is 1. The molecule has 1 atom stereocenters. The van der Waals surface area contributed by atoms with Crippen molar-refractivity contribution in [2.24, 2.45) is 5.92 Å². The van der Waals surface area contributed by atoms with E-state index in [9.17, 15) is 14.7 Å². The number of nitrogens with zero attached hydrogens (tertiary/aromatic N) is 2. The monoisotopic (exact) mass is 266 g/mol. The number of hydrazine groups is 1. The Morgan fingerprint density at radius 1 is 1.53 bits per heavy atom. The molecular formula is C13H18N2O4. The third-order valence-electron chi connectivity index (χ3n) is 3.08. The number of hydrogen-bond donors (Lipinski definition) is 1. The molecule has 6 nitrogen and oxygen atoms in total. The van der Waals surface area contributed by atoms with Gasteiger partial charge in [-0.15, -0.1) is 0 Å². The summed E-state index contributed by atoms with van der Waals surface area (Å²) in [6.45, 7) is 7.13. The fraction of sp³-hybridized carbons (Fsp3) is 0.538. The Morgan fingerprint density at radius 3 is 2.68 bits per heavy atom. The van der Waals surface area contributed by atoms with Crippen molar-refractivity contribution in [2.75, 3.05) is 6.73 Å². The first kappa shape index (κ1) is 13.5. The summed E-state index contributed by atoms with van der Waals surface area (Å²) >= 11 is 0.